The molecule has 0 saturated carbocycles. The van der Waals surface area contributed by atoms with Crippen molar-refractivity contribution < 1.29 is 23.7 Å². The topological polar surface area (TPSA) is 88.4 Å². The summed E-state index contributed by atoms with van der Waals surface area (Å²) in [6.45, 7) is 7.69. The fourth-order valence-corrected chi connectivity index (χ4v) is 6.79. The van der Waals surface area contributed by atoms with Gasteiger partial charge < -0.3 is 18.9 Å². The van der Waals surface area contributed by atoms with E-state index in [2.05, 4.69) is 4.99 Å². The average molecular weight is 702 g/mol. The average Bonchev–Trinajstić information content (AvgIpc) is 3.30. The summed E-state index contributed by atoms with van der Waals surface area (Å²) in [5.74, 6) is 0.776. The van der Waals surface area contributed by atoms with E-state index in [1.807, 2.05) is 32.0 Å². The van der Waals surface area contributed by atoms with Crippen LogP contribution in [0, 0.1) is 0 Å². The summed E-state index contributed by atoms with van der Waals surface area (Å²) in [7, 11) is 1.54. The quantitative estimate of drug-likeness (QED) is 0.164. The highest BCUT2D eigenvalue weighted by Crippen LogP contribution is 2.37. The first-order valence-electron chi connectivity index (χ1n) is 14.4. The molecule has 240 valence electrons. The normalized spacial score (nSPS) is 14.6. The standard InChI is InChI=1S/C34H31Cl3N2O6S/c1-6-43-33(41)29-19(4)38-34-39(30(29)22-9-12-26(45-18(2)3)27(16-22)42-5)32(40)28(46-34)15-21-13-24(36)31(25(37)14-21)44-17-20-7-10-23(35)11-8-20/h7-16,18,30H,6,17H2,1-5H3/b28-15-/t30-/m0/s1. The van der Waals surface area contributed by atoms with Crippen LogP contribution >= 0.6 is 46.1 Å². The van der Waals surface area contributed by atoms with Crippen molar-refractivity contribution in [2.45, 2.75) is 46.4 Å². The van der Waals surface area contributed by atoms with Gasteiger partial charge in [-0.3, -0.25) is 9.36 Å². The molecule has 0 fully saturated rings. The Kier molecular flexibility index (Phi) is 10.5. The Labute approximate surface area is 285 Å². The van der Waals surface area contributed by atoms with Gasteiger partial charge in [0, 0.05) is 5.02 Å². The maximum Gasteiger partial charge on any atom is 0.338 e. The number of hydrogen-bond acceptors (Lipinski definition) is 8. The molecule has 4 aromatic rings. The number of carbonyl (C=O) groups excluding carboxylic acids is 1. The van der Waals surface area contributed by atoms with E-state index in [0.29, 0.717) is 48.4 Å². The van der Waals surface area contributed by atoms with Crippen LogP contribution in [0.1, 0.15) is 50.4 Å². The minimum absolute atomic E-state index is 0.0826. The largest absolute Gasteiger partial charge is 0.493 e. The predicted molar refractivity (Wildman–Crippen MR) is 181 cm³/mol. The molecule has 8 nitrogen and oxygen atoms in total. The lowest BCUT2D eigenvalue weighted by Crippen LogP contribution is -2.40. The number of carbonyl (C=O) groups is 1. The predicted octanol–water partition coefficient (Wildman–Crippen LogP) is 7.13. The molecule has 1 atom stereocenters. The molecule has 0 unspecified atom stereocenters. The third-order valence-electron chi connectivity index (χ3n) is 7.00. The Morgan fingerprint density at radius 1 is 1.04 bits per heavy atom. The maximum absolute atomic E-state index is 14.1. The first kappa shape index (κ1) is 33.6. The van der Waals surface area contributed by atoms with E-state index >= 15 is 0 Å². The fraction of sp³-hybridized carbons (Fsp3) is 0.265. The number of methoxy groups -OCH3 is 1. The van der Waals surface area contributed by atoms with Crippen LogP contribution in [0.3, 0.4) is 0 Å². The van der Waals surface area contributed by atoms with E-state index in [1.165, 1.54) is 23.0 Å². The molecule has 1 aromatic heterocycles. The number of esters is 1. The number of benzene rings is 3. The Morgan fingerprint density at radius 2 is 1.74 bits per heavy atom. The Hall–Kier alpha value is -3.76. The second-order valence-electron chi connectivity index (χ2n) is 10.6. The van der Waals surface area contributed by atoms with Crippen molar-refractivity contribution in [1.29, 1.82) is 0 Å². The highest BCUT2D eigenvalue weighted by molar-refractivity contribution is 7.07. The van der Waals surface area contributed by atoms with Crippen LogP contribution in [-0.4, -0.2) is 30.4 Å². The monoisotopic (exact) mass is 700 g/mol. The summed E-state index contributed by atoms with van der Waals surface area (Å²) in [5.41, 5.74) is 2.48. The summed E-state index contributed by atoms with van der Waals surface area (Å²) < 4.78 is 24.7. The summed E-state index contributed by atoms with van der Waals surface area (Å²) in [6, 6.07) is 15.1. The van der Waals surface area contributed by atoms with Gasteiger partial charge in [-0.1, -0.05) is 64.3 Å². The van der Waals surface area contributed by atoms with E-state index in [4.69, 9.17) is 53.8 Å². The first-order chi connectivity index (χ1) is 22.0. The van der Waals surface area contributed by atoms with Crippen LogP contribution in [0.2, 0.25) is 15.1 Å². The number of ether oxygens (including phenoxy) is 4. The van der Waals surface area contributed by atoms with Gasteiger partial charge in [-0.2, -0.15) is 0 Å². The Bertz CT molecular complexity index is 1980. The molecule has 3 aromatic carbocycles. The Balaban J connectivity index is 1.57. The van der Waals surface area contributed by atoms with E-state index < -0.39 is 12.0 Å². The molecule has 1 aliphatic rings. The van der Waals surface area contributed by atoms with Gasteiger partial charge in [0.05, 0.1) is 51.7 Å². The lowest BCUT2D eigenvalue weighted by Gasteiger charge is -2.25. The third kappa shape index (κ3) is 7.13. The number of aromatic nitrogens is 1. The molecule has 0 radical (unpaired) electrons. The van der Waals surface area contributed by atoms with Gasteiger partial charge in [-0.15, -0.1) is 0 Å². The van der Waals surface area contributed by atoms with Crippen molar-refractivity contribution in [1.82, 2.24) is 4.57 Å². The number of halogens is 3. The number of fused-ring (bicyclic) bond motifs is 1. The van der Waals surface area contributed by atoms with Gasteiger partial charge in [-0.05, 0) is 86.9 Å². The zero-order valence-corrected chi connectivity index (χ0v) is 28.8. The molecular weight excluding hydrogens is 671 g/mol. The highest BCUT2D eigenvalue weighted by atomic mass is 35.5. The molecule has 0 N–H and O–H groups in total. The molecule has 46 heavy (non-hydrogen) atoms. The molecule has 0 aliphatic carbocycles. The maximum atomic E-state index is 14.1. The summed E-state index contributed by atoms with van der Waals surface area (Å²) >= 11 is 20.3. The second-order valence-corrected chi connectivity index (χ2v) is 12.9. The molecule has 0 bridgehead atoms. The van der Waals surface area contributed by atoms with Crippen LogP contribution in [-0.2, 0) is 16.1 Å². The fourth-order valence-electron chi connectivity index (χ4n) is 5.00. The van der Waals surface area contributed by atoms with Crippen molar-refractivity contribution in [2.24, 2.45) is 4.99 Å². The second kappa shape index (κ2) is 14.3. The van der Waals surface area contributed by atoms with Crippen molar-refractivity contribution in [3.63, 3.8) is 0 Å². The number of nitrogens with zero attached hydrogens (tertiary/aromatic N) is 2. The molecule has 2 heterocycles. The lowest BCUT2D eigenvalue weighted by molar-refractivity contribution is -0.139. The number of hydrogen-bond donors (Lipinski definition) is 0. The summed E-state index contributed by atoms with van der Waals surface area (Å²) in [4.78, 5) is 32.4. The van der Waals surface area contributed by atoms with Gasteiger partial charge in [0.2, 0.25) is 0 Å². The van der Waals surface area contributed by atoms with Crippen LogP contribution in [0.25, 0.3) is 6.08 Å². The van der Waals surface area contributed by atoms with Gasteiger partial charge >= 0.3 is 5.97 Å². The molecule has 0 saturated heterocycles. The van der Waals surface area contributed by atoms with E-state index in [9.17, 15) is 9.59 Å². The summed E-state index contributed by atoms with van der Waals surface area (Å²) in [5, 5.41) is 1.20. The third-order valence-corrected chi connectivity index (χ3v) is 8.79. The van der Waals surface area contributed by atoms with Crippen LogP contribution in [0.15, 0.2) is 75.7 Å². The van der Waals surface area contributed by atoms with E-state index in [0.717, 1.165) is 5.56 Å². The molecule has 5 rings (SSSR count). The van der Waals surface area contributed by atoms with E-state index in [1.54, 1.807) is 56.3 Å². The summed E-state index contributed by atoms with van der Waals surface area (Å²) in [6.07, 6.45) is 1.60. The van der Waals surface area contributed by atoms with Gasteiger partial charge in [-0.25, -0.2) is 9.79 Å². The van der Waals surface area contributed by atoms with Gasteiger partial charge in [0.1, 0.15) is 6.61 Å². The van der Waals surface area contributed by atoms with Crippen molar-refractivity contribution in [3.05, 3.63) is 117 Å². The first-order valence-corrected chi connectivity index (χ1v) is 16.4. The van der Waals surface area contributed by atoms with Gasteiger partial charge in [0.25, 0.3) is 5.56 Å². The lowest BCUT2D eigenvalue weighted by atomic mass is 9.95. The minimum Gasteiger partial charge on any atom is -0.493 e. The van der Waals surface area contributed by atoms with Crippen LogP contribution in [0.5, 0.6) is 17.2 Å². The molecule has 12 heteroatoms. The van der Waals surface area contributed by atoms with Gasteiger partial charge in [0.15, 0.2) is 22.0 Å². The zero-order chi connectivity index (χ0) is 33.1. The van der Waals surface area contributed by atoms with Crippen molar-refractivity contribution >= 4 is 58.2 Å². The van der Waals surface area contributed by atoms with Crippen molar-refractivity contribution in [3.8, 4) is 17.2 Å². The number of thiazole rings is 1. The minimum atomic E-state index is -0.824. The number of rotatable bonds is 10. The van der Waals surface area contributed by atoms with E-state index in [-0.39, 0.29) is 40.5 Å². The number of allylic oxidation sites excluding steroid dienone is 1. The molecule has 1 aliphatic heterocycles. The van der Waals surface area contributed by atoms with Crippen LogP contribution < -0.4 is 29.1 Å². The van der Waals surface area contributed by atoms with Crippen molar-refractivity contribution in [2.75, 3.05) is 13.7 Å². The molecular formula is C34H31Cl3N2O6S. The molecule has 0 spiro atoms. The van der Waals surface area contributed by atoms with Crippen LogP contribution in [0.4, 0.5) is 0 Å². The Morgan fingerprint density at radius 3 is 2.37 bits per heavy atom. The zero-order valence-electron chi connectivity index (χ0n) is 25.7. The smallest absolute Gasteiger partial charge is 0.338 e. The SMILES string of the molecule is CCOC(=O)C1=C(C)N=c2s/c(=C\c3cc(Cl)c(OCc4ccc(Cl)cc4)c(Cl)c3)c(=O)n2[C@H]1c1ccc(OC(C)C)c(OC)c1. The molecule has 0 amide bonds. The highest BCUT2D eigenvalue weighted by Gasteiger charge is 2.34.